The number of sulfonamides is 1. The Morgan fingerprint density at radius 1 is 1.11 bits per heavy atom. The van der Waals surface area contributed by atoms with E-state index in [2.05, 4.69) is 5.10 Å². The Bertz CT molecular complexity index is 678. The average Bonchev–Trinajstić information content (AvgIpc) is 2.81. The third kappa shape index (κ3) is 2.41. The van der Waals surface area contributed by atoms with E-state index in [1.807, 2.05) is 10.9 Å². The van der Waals surface area contributed by atoms with Gasteiger partial charge in [-0.15, -0.1) is 0 Å². The molecule has 1 heterocycles. The van der Waals surface area contributed by atoms with Crippen LogP contribution in [0, 0.1) is 0 Å². The van der Waals surface area contributed by atoms with Gasteiger partial charge in [0.15, 0.2) is 0 Å². The summed E-state index contributed by atoms with van der Waals surface area (Å²) in [7, 11) is -3.63. The lowest BCUT2D eigenvalue weighted by atomic mass is 9.99. The summed E-state index contributed by atoms with van der Waals surface area (Å²) < 4.78 is 24.2. The third-order valence-electron chi connectivity index (χ3n) is 3.42. The second-order valence-electron chi connectivity index (χ2n) is 4.79. The van der Waals surface area contributed by atoms with Crippen LogP contribution in [0.15, 0.2) is 35.4 Å². The van der Waals surface area contributed by atoms with Crippen molar-refractivity contribution in [3.8, 4) is 5.69 Å². The van der Waals surface area contributed by atoms with Gasteiger partial charge >= 0.3 is 0 Å². The summed E-state index contributed by atoms with van der Waals surface area (Å²) in [4.78, 5) is 0.119. The number of nitrogens with two attached hydrogens (primary N) is 1. The first-order valence-electron chi connectivity index (χ1n) is 6.25. The van der Waals surface area contributed by atoms with E-state index in [-0.39, 0.29) is 4.90 Å². The van der Waals surface area contributed by atoms with Crippen LogP contribution in [0.5, 0.6) is 0 Å². The summed E-state index contributed by atoms with van der Waals surface area (Å²) >= 11 is 0. The average molecular weight is 277 g/mol. The molecule has 3 rings (SSSR count). The highest BCUT2D eigenvalue weighted by Crippen LogP contribution is 2.21. The summed E-state index contributed by atoms with van der Waals surface area (Å²) in [6.45, 7) is 0. The molecule has 19 heavy (non-hydrogen) atoms. The zero-order chi connectivity index (χ0) is 13.5. The molecule has 0 unspecified atom stereocenters. The molecule has 5 nitrogen and oxygen atoms in total. The number of aryl methyl sites for hydroxylation is 2. The molecule has 0 spiro atoms. The fourth-order valence-electron chi connectivity index (χ4n) is 2.39. The van der Waals surface area contributed by atoms with E-state index in [0.29, 0.717) is 0 Å². The summed E-state index contributed by atoms with van der Waals surface area (Å²) in [5.74, 6) is 0. The normalized spacial score (nSPS) is 15.2. The summed E-state index contributed by atoms with van der Waals surface area (Å²) in [5, 5.41) is 9.62. The standard InChI is InChI=1S/C13H15N3O2S/c14-19(17,18)12-7-5-11(6-8-12)16-9-10-3-1-2-4-13(10)15-16/h5-9H,1-4H2,(H2,14,17,18). The Balaban J connectivity index is 1.96. The molecule has 0 radical (unpaired) electrons. The van der Waals surface area contributed by atoms with Crippen LogP contribution < -0.4 is 5.14 Å². The van der Waals surface area contributed by atoms with Crippen LogP contribution in [0.1, 0.15) is 24.1 Å². The molecule has 0 saturated heterocycles. The molecule has 0 saturated carbocycles. The lowest BCUT2D eigenvalue weighted by Crippen LogP contribution is -2.12. The first kappa shape index (κ1) is 12.4. The third-order valence-corrected chi connectivity index (χ3v) is 4.35. The number of rotatable bonds is 2. The smallest absolute Gasteiger partial charge is 0.238 e. The molecule has 2 aromatic rings. The van der Waals surface area contributed by atoms with Crippen LogP contribution in [0.25, 0.3) is 5.69 Å². The predicted molar refractivity (Wildman–Crippen MR) is 71.6 cm³/mol. The van der Waals surface area contributed by atoms with E-state index in [4.69, 9.17) is 5.14 Å². The highest BCUT2D eigenvalue weighted by Gasteiger charge is 2.14. The number of hydrogen-bond acceptors (Lipinski definition) is 3. The number of fused-ring (bicyclic) bond motifs is 1. The van der Waals surface area contributed by atoms with E-state index in [1.54, 1.807) is 12.1 Å². The van der Waals surface area contributed by atoms with E-state index >= 15 is 0 Å². The first-order valence-corrected chi connectivity index (χ1v) is 7.79. The van der Waals surface area contributed by atoms with Crippen molar-refractivity contribution in [3.05, 3.63) is 41.7 Å². The van der Waals surface area contributed by atoms with Crippen molar-refractivity contribution in [2.75, 3.05) is 0 Å². The minimum Gasteiger partial charge on any atom is -0.240 e. The number of aromatic nitrogens is 2. The van der Waals surface area contributed by atoms with Crippen LogP contribution in [0.3, 0.4) is 0 Å². The number of primary sulfonamides is 1. The number of benzene rings is 1. The zero-order valence-corrected chi connectivity index (χ0v) is 11.2. The molecule has 1 aliphatic rings. The molecular formula is C13H15N3O2S. The van der Waals surface area contributed by atoms with E-state index < -0.39 is 10.0 Å². The Morgan fingerprint density at radius 3 is 2.42 bits per heavy atom. The van der Waals surface area contributed by atoms with Gasteiger partial charge in [-0.25, -0.2) is 18.2 Å². The zero-order valence-electron chi connectivity index (χ0n) is 10.4. The second kappa shape index (κ2) is 4.47. The van der Waals surface area contributed by atoms with Gasteiger partial charge in [0, 0.05) is 6.20 Å². The van der Waals surface area contributed by atoms with Gasteiger partial charge in [0.25, 0.3) is 0 Å². The van der Waals surface area contributed by atoms with Crippen molar-refractivity contribution in [2.45, 2.75) is 30.6 Å². The van der Waals surface area contributed by atoms with Crippen LogP contribution in [0.2, 0.25) is 0 Å². The largest absolute Gasteiger partial charge is 0.240 e. The summed E-state index contributed by atoms with van der Waals surface area (Å²) in [6, 6.07) is 6.45. The van der Waals surface area contributed by atoms with Gasteiger partial charge in [0.2, 0.25) is 10.0 Å². The topological polar surface area (TPSA) is 78.0 Å². The van der Waals surface area contributed by atoms with Crippen molar-refractivity contribution < 1.29 is 8.42 Å². The Hall–Kier alpha value is -1.66. The maximum absolute atomic E-state index is 11.2. The molecule has 1 aromatic carbocycles. The maximum atomic E-state index is 11.2. The van der Waals surface area contributed by atoms with Gasteiger partial charge in [-0.05, 0) is 55.5 Å². The first-order chi connectivity index (χ1) is 9.04. The lowest BCUT2D eigenvalue weighted by Gasteiger charge is -2.06. The van der Waals surface area contributed by atoms with Gasteiger partial charge in [-0.2, -0.15) is 5.10 Å². The Kier molecular flexibility index (Phi) is 2.91. The van der Waals surface area contributed by atoms with Crippen molar-refractivity contribution >= 4 is 10.0 Å². The molecule has 0 aliphatic heterocycles. The highest BCUT2D eigenvalue weighted by atomic mass is 32.2. The molecule has 0 fully saturated rings. The molecule has 2 N–H and O–H groups in total. The lowest BCUT2D eigenvalue weighted by molar-refractivity contribution is 0.598. The van der Waals surface area contributed by atoms with Gasteiger partial charge in [0.05, 0.1) is 16.3 Å². The van der Waals surface area contributed by atoms with Gasteiger partial charge < -0.3 is 0 Å². The molecule has 0 amide bonds. The Labute approximate surface area is 112 Å². The minimum absolute atomic E-state index is 0.119. The minimum atomic E-state index is -3.63. The maximum Gasteiger partial charge on any atom is 0.238 e. The quantitative estimate of drug-likeness (QED) is 0.901. The van der Waals surface area contributed by atoms with Gasteiger partial charge in [-0.3, -0.25) is 0 Å². The second-order valence-corrected chi connectivity index (χ2v) is 6.35. The summed E-state index contributed by atoms with van der Waals surface area (Å²) in [6.07, 6.45) is 6.53. The van der Waals surface area contributed by atoms with Crippen LogP contribution in [0.4, 0.5) is 0 Å². The number of hydrogen-bond donors (Lipinski definition) is 1. The van der Waals surface area contributed by atoms with Crippen molar-refractivity contribution in [2.24, 2.45) is 5.14 Å². The van der Waals surface area contributed by atoms with E-state index in [0.717, 1.165) is 24.2 Å². The van der Waals surface area contributed by atoms with Crippen molar-refractivity contribution in [3.63, 3.8) is 0 Å². The fraction of sp³-hybridized carbons (Fsp3) is 0.308. The molecule has 100 valence electrons. The van der Waals surface area contributed by atoms with Crippen molar-refractivity contribution in [1.82, 2.24) is 9.78 Å². The molecule has 0 atom stereocenters. The fourth-order valence-corrected chi connectivity index (χ4v) is 2.91. The predicted octanol–water partition coefficient (Wildman–Crippen LogP) is 1.40. The summed E-state index contributed by atoms with van der Waals surface area (Å²) in [5.41, 5.74) is 3.30. The van der Waals surface area contributed by atoms with Crippen molar-refractivity contribution in [1.29, 1.82) is 0 Å². The van der Waals surface area contributed by atoms with E-state index in [9.17, 15) is 8.42 Å². The molecule has 6 heteroatoms. The van der Waals surface area contributed by atoms with Crippen LogP contribution >= 0.6 is 0 Å². The highest BCUT2D eigenvalue weighted by molar-refractivity contribution is 7.89. The molecule has 1 aliphatic carbocycles. The van der Waals surface area contributed by atoms with Crippen LogP contribution in [-0.2, 0) is 22.9 Å². The molecule has 0 bridgehead atoms. The number of nitrogens with zero attached hydrogens (tertiary/aromatic N) is 2. The van der Waals surface area contributed by atoms with Crippen LogP contribution in [-0.4, -0.2) is 18.2 Å². The molecule has 1 aromatic heterocycles. The van der Waals surface area contributed by atoms with Gasteiger partial charge in [0.1, 0.15) is 0 Å². The molecular weight excluding hydrogens is 262 g/mol. The SMILES string of the molecule is NS(=O)(=O)c1ccc(-n2cc3c(n2)CCCC3)cc1. The van der Waals surface area contributed by atoms with Gasteiger partial charge in [-0.1, -0.05) is 0 Å². The monoisotopic (exact) mass is 277 g/mol. The van der Waals surface area contributed by atoms with E-state index in [1.165, 1.54) is 30.5 Å². The Morgan fingerprint density at radius 2 is 1.79 bits per heavy atom.